The van der Waals surface area contributed by atoms with E-state index in [2.05, 4.69) is 31.3 Å². The number of esters is 1. The van der Waals surface area contributed by atoms with Gasteiger partial charge in [0.25, 0.3) is 0 Å². The number of carbonyl (C=O) groups is 3. The molecular weight excluding hydrogens is 626 g/mol. The summed E-state index contributed by atoms with van der Waals surface area (Å²) < 4.78 is 53.0. The number of nitrogens with zero attached hydrogens (tertiary/aromatic N) is 4. The summed E-state index contributed by atoms with van der Waals surface area (Å²) in [4.78, 5) is 48.4. The highest BCUT2D eigenvalue weighted by molar-refractivity contribution is 7.52. The van der Waals surface area contributed by atoms with Gasteiger partial charge in [0.05, 0.1) is 12.2 Å². The number of para-hydroxylation sites is 1. The fourth-order valence-corrected chi connectivity index (χ4v) is 5.78. The molecule has 0 aliphatic carbocycles. The van der Waals surface area contributed by atoms with E-state index in [4.69, 9.17) is 24.9 Å². The number of nitrogens with one attached hydrogen (secondary N) is 2. The van der Waals surface area contributed by atoms with Gasteiger partial charge in [-0.25, -0.2) is 9.55 Å². The van der Waals surface area contributed by atoms with Gasteiger partial charge in [0.2, 0.25) is 5.91 Å². The minimum absolute atomic E-state index is 0.0526. The number of halogens is 1. The third-order valence-corrected chi connectivity index (χ3v) is 8.49. The highest BCUT2D eigenvalue weighted by atomic mass is 31.2. The summed E-state index contributed by atoms with van der Waals surface area (Å²) >= 11 is 0. The molecule has 2 aromatic heterocycles. The number of terminal acetylenes is 1. The third-order valence-electron chi connectivity index (χ3n) is 6.87. The quantitative estimate of drug-likeness (QED) is 0.104. The predicted octanol–water partition coefficient (Wildman–Crippen LogP) is 3.69. The standard InChI is InChI=1S/C29H34FN6O9P/c1-7-29(14-42-46(41,35-18(6)26(38)39)45-19-11-9-8-10-12-19)20(43-27(40)17(4)5)13-21(44-29)36-15-31-22-23(32-25(37)16(2)3)33-28(30)34-24(22)36/h1,8-12,15-18,20-21H,13-14H2,2-6H3,(H,35,41)(H,38,39)(H,32,33,34,37)/t18-,20-,21+,29+,46?/m0/s1. The maximum Gasteiger partial charge on any atom is 0.459 e. The Balaban J connectivity index is 1.70. The molecule has 5 atom stereocenters. The van der Waals surface area contributed by atoms with Crippen LogP contribution in [0.25, 0.3) is 11.2 Å². The summed E-state index contributed by atoms with van der Waals surface area (Å²) in [5, 5.41) is 14.3. The zero-order valence-electron chi connectivity index (χ0n) is 25.7. The summed E-state index contributed by atoms with van der Waals surface area (Å²) in [6.07, 6.45) is 3.66. The molecule has 0 saturated carbocycles. The summed E-state index contributed by atoms with van der Waals surface area (Å²) in [6, 6.07) is 6.50. The van der Waals surface area contributed by atoms with Crippen LogP contribution in [0.5, 0.6) is 5.75 Å². The maximum absolute atomic E-state index is 14.6. The molecule has 1 unspecified atom stereocenters. The number of amides is 1. The number of rotatable bonds is 13. The van der Waals surface area contributed by atoms with Crippen LogP contribution in [-0.4, -0.2) is 66.8 Å². The number of anilines is 1. The van der Waals surface area contributed by atoms with Crippen LogP contribution in [-0.2, 0) is 32.9 Å². The molecule has 3 heterocycles. The van der Waals surface area contributed by atoms with Gasteiger partial charge in [0.15, 0.2) is 22.6 Å². The molecule has 1 aliphatic heterocycles. The van der Waals surface area contributed by atoms with E-state index in [1.54, 1.807) is 45.9 Å². The van der Waals surface area contributed by atoms with Crippen molar-refractivity contribution in [3.05, 3.63) is 42.7 Å². The molecule has 46 heavy (non-hydrogen) atoms. The molecule has 1 fully saturated rings. The minimum atomic E-state index is -4.47. The number of hydrogen-bond donors (Lipinski definition) is 3. The summed E-state index contributed by atoms with van der Waals surface area (Å²) in [7, 11) is -4.47. The molecule has 3 aromatic rings. The molecule has 1 amide bonds. The molecule has 1 aliphatic rings. The Morgan fingerprint density at radius 1 is 1.20 bits per heavy atom. The largest absolute Gasteiger partial charge is 0.480 e. The van der Waals surface area contributed by atoms with Gasteiger partial charge in [0.1, 0.15) is 30.7 Å². The fraction of sp³-hybridized carbons (Fsp3) is 0.448. The van der Waals surface area contributed by atoms with E-state index in [0.717, 1.165) is 0 Å². The van der Waals surface area contributed by atoms with Gasteiger partial charge in [-0.3, -0.25) is 23.5 Å². The lowest BCUT2D eigenvalue weighted by atomic mass is 9.98. The lowest BCUT2D eigenvalue weighted by molar-refractivity contribution is -0.161. The molecule has 1 aromatic carbocycles. The highest BCUT2D eigenvalue weighted by Crippen LogP contribution is 2.48. The Morgan fingerprint density at radius 3 is 2.50 bits per heavy atom. The van der Waals surface area contributed by atoms with E-state index in [0.29, 0.717) is 0 Å². The first-order valence-electron chi connectivity index (χ1n) is 14.2. The lowest BCUT2D eigenvalue weighted by Gasteiger charge is -2.31. The van der Waals surface area contributed by atoms with Gasteiger partial charge in [-0.05, 0) is 19.1 Å². The van der Waals surface area contributed by atoms with Crippen molar-refractivity contribution in [2.24, 2.45) is 11.8 Å². The third kappa shape index (κ3) is 7.68. The zero-order chi connectivity index (χ0) is 33.8. The molecule has 0 spiro atoms. The SMILES string of the molecule is C#C[C@]1(COP(=O)(N[C@@H](C)C(=O)O)Oc2ccccc2)O[C@@H](n2cnc3c(NC(=O)C(C)C)nc(F)nc32)C[C@@H]1OC(=O)C(C)C. The van der Waals surface area contributed by atoms with Crippen LogP contribution in [0.3, 0.4) is 0 Å². The Bertz CT molecular complexity index is 1700. The van der Waals surface area contributed by atoms with Gasteiger partial charge in [-0.1, -0.05) is 51.8 Å². The fourth-order valence-electron chi connectivity index (χ4n) is 4.26. The number of benzene rings is 1. The van der Waals surface area contributed by atoms with Crippen LogP contribution >= 0.6 is 7.75 Å². The molecule has 17 heteroatoms. The van der Waals surface area contributed by atoms with Crippen molar-refractivity contribution in [3.63, 3.8) is 0 Å². The average molecular weight is 661 g/mol. The number of hydrogen-bond acceptors (Lipinski definition) is 11. The molecule has 15 nitrogen and oxygen atoms in total. The Kier molecular flexibility index (Phi) is 10.4. The van der Waals surface area contributed by atoms with Crippen molar-refractivity contribution in [1.29, 1.82) is 0 Å². The topological polar surface area (TPSA) is 193 Å². The number of carboxylic acid groups (broad SMARTS) is 1. The molecule has 246 valence electrons. The van der Waals surface area contributed by atoms with E-state index in [9.17, 15) is 28.4 Å². The van der Waals surface area contributed by atoms with E-state index < -0.39 is 74.1 Å². The molecular formula is C29H34FN6O9P. The number of aliphatic carboxylic acids is 1. The van der Waals surface area contributed by atoms with Crippen molar-refractivity contribution >= 4 is 42.6 Å². The van der Waals surface area contributed by atoms with Crippen molar-refractivity contribution in [3.8, 4) is 18.1 Å². The second kappa shape index (κ2) is 13.9. The lowest BCUT2D eigenvalue weighted by Crippen LogP contribution is -2.46. The number of carbonyl (C=O) groups excluding carboxylic acids is 2. The second-order valence-electron chi connectivity index (χ2n) is 11.1. The van der Waals surface area contributed by atoms with Gasteiger partial charge in [-0.2, -0.15) is 19.4 Å². The maximum atomic E-state index is 14.6. The number of imidazole rings is 1. The number of aromatic nitrogens is 4. The van der Waals surface area contributed by atoms with E-state index in [1.807, 2.05) is 0 Å². The Hall–Kier alpha value is -4.42. The van der Waals surface area contributed by atoms with Crippen molar-refractivity contribution in [2.75, 3.05) is 11.9 Å². The van der Waals surface area contributed by atoms with Crippen LogP contribution in [0.4, 0.5) is 10.2 Å². The monoisotopic (exact) mass is 660 g/mol. The summed E-state index contributed by atoms with van der Waals surface area (Å²) in [6.45, 7) is 7.05. The van der Waals surface area contributed by atoms with Crippen LogP contribution in [0.15, 0.2) is 36.7 Å². The van der Waals surface area contributed by atoms with Crippen LogP contribution in [0.1, 0.15) is 47.3 Å². The molecule has 0 bridgehead atoms. The first-order valence-corrected chi connectivity index (χ1v) is 15.8. The number of carboxylic acids is 1. The van der Waals surface area contributed by atoms with Crippen LogP contribution in [0, 0.1) is 30.3 Å². The van der Waals surface area contributed by atoms with Crippen molar-refractivity contribution in [2.45, 2.75) is 65.0 Å². The highest BCUT2D eigenvalue weighted by Gasteiger charge is 2.53. The number of fused-ring (bicyclic) bond motifs is 1. The summed E-state index contributed by atoms with van der Waals surface area (Å²) in [5.74, 6) is -1.01. The van der Waals surface area contributed by atoms with Gasteiger partial charge < -0.3 is 24.4 Å². The van der Waals surface area contributed by atoms with Crippen molar-refractivity contribution < 1.29 is 47.0 Å². The van der Waals surface area contributed by atoms with Crippen molar-refractivity contribution in [1.82, 2.24) is 24.6 Å². The molecule has 1 saturated heterocycles. The van der Waals surface area contributed by atoms with Crippen LogP contribution < -0.4 is 14.9 Å². The number of ether oxygens (including phenoxy) is 2. The Labute approximate surface area is 263 Å². The van der Waals surface area contributed by atoms with Gasteiger partial charge in [-0.15, -0.1) is 6.42 Å². The molecule has 3 N–H and O–H groups in total. The van der Waals surface area contributed by atoms with Crippen LogP contribution in [0.2, 0.25) is 0 Å². The smallest absolute Gasteiger partial charge is 0.459 e. The normalized spacial score (nSPS) is 21.5. The first-order chi connectivity index (χ1) is 21.7. The minimum Gasteiger partial charge on any atom is -0.480 e. The molecule has 0 radical (unpaired) electrons. The van der Waals surface area contributed by atoms with Gasteiger partial charge in [0, 0.05) is 12.3 Å². The zero-order valence-corrected chi connectivity index (χ0v) is 26.6. The second-order valence-corrected chi connectivity index (χ2v) is 12.8. The van der Waals surface area contributed by atoms with E-state index >= 15 is 0 Å². The Morgan fingerprint density at radius 2 is 1.89 bits per heavy atom. The van der Waals surface area contributed by atoms with Gasteiger partial charge >= 0.3 is 25.8 Å². The average Bonchev–Trinajstić information content (AvgIpc) is 3.58. The first kappa shape index (κ1) is 34.5. The molecule has 4 rings (SSSR count). The van der Waals surface area contributed by atoms with E-state index in [-0.39, 0.29) is 29.2 Å². The summed E-state index contributed by atoms with van der Waals surface area (Å²) in [5.41, 5.74) is -1.92. The predicted molar refractivity (Wildman–Crippen MR) is 161 cm³/mol. The van der Waals surface area contributed by atoms with E-state index in [1.165, 1.54) is 30.0 Å².